The fourth-order valence-corrected chi connectivity index (χ4v) is 1.74. The second-order valence-corrected chi connectivity index (χ2v) is 4.18. The molecule has 1 unspecified atom stereocenters. The van der Waals surface area contributed by atoms with E-state index in [0.717, 1.165) is 25.1 Å². The molecule has 2 N–H and O–H groups in total. The normalized spacial score (nSPS) is 13.1. The van der Waals surface area contributed by atoms with Crippen LogP contribution in [-0.4, -0.2) is 17.5 Å². The van der Waals surface area contributed by atoms with Gasteiger partial charge in [0.2, 0.25) is 0 Å². The molecule has 1 aromatic rings. The van der Waals surface area contributed by atoms with Crippen LogP contribution in [0.4, 0.5) is 10.1 Å². The molecule has 2 nitrogen and oxygen atoms in total. The van der Waals surface area contributed by atoms with Gasteiger partial charge in [0.05, 0.1) is 5.69 Å². The van der Waals surface area contributed by atoms with Crippen LogP contribution in [0.5, 0.6) is 0 Å². The molecule has 0 fully saturated rings. The van der Waals surface area contributed by atoms with Crippen molar-refractivity contribution in [3.8, 4) is 0 Å². The molecule has 0 saturated heterocycles. The Morgan fingerprint density at radius 1 is 1.38 bits per heavy atom. The number of nitrogen functional groups attached to an aromatic ring is 1. The van der Waals surface area contributed by atoms with Gasteiger partial charge in [-0.15, -0.1) is 0 Å². The summed E-state index contributed by atoms with van der Waals surface area (Å²) < 4.78 is 13.3. The average molecular weight is 224 g/mol. The maximum absolute atomic E-state index is 13.3. The highest BCUT2D eigenvalue weighted by Crippen LogP contribution is 2.15. The van der Waals surface area contributed by atoms with E-state index in [1.807, 2.05) is 6.07 Å². The van der Waals surface area contributed by atoms with Gasteiger partial charge in [-0.05, 0) is 37.6 Å². The second kappa shape index (κ2) is 5.85. The largest absolute Gasteiger partial charge is 0.396 e. The molecule has 0 aliphatic rings. The van der Waals surface area contributed by atoms with E-state index >= 15 is 0 Å². The van der Waals surface area contributed by atoms with Crippen LogP contribution < -0.4 is 5.73 Å². The molecular formula is C13H21FN2. The molecule has 1 rings (SSSR count). The zero-order chi connectivity index (χ0) is 12.1. The summed E-state index contributed by atoms with van der Waals surface area (Å²) in [4.78, 5) is 2.32. The Labute approximate surface area is 97.3 Å². The summed E-state index contributed by atoms with van der Waals surface area (Å²) in [6.07, 6.45) is 1.10. The summed E-state index contributed by atoms with van der Waals surface area (Å²) in [7, 11) is 0. The predicted octanol–water partition coefficient (Wildman–Crippen LogP) is 3.03. The molecule has 0 aromatic heterocycles. The minimum Gasteiger partial charge on any atom is -0.396 e. The molecular weight excluding hydrogens is 203 g/mol. The molecule has 0 bridgehead atoms. The van der Waals surface area contributed by atoms with E-state index < -0.39 is 0 Å². The monoisotopic (exact) mass is 224 g/mol. The van der Waals surface area contributed by atoms with Crippen LogP contribution in [0.15, 0.2) is 18.2 Å². The van der Waals surface area contributed by atoms with Gasteiger partial charge < -0.3 is 5.73 Å². The van der Waals surface area contributed by atoms with Gasteiger partial charge >= 0.3 is 0 Å². The van der Waals surface area contributed by atoms with Crippen LogP contribution in [0, 0.1) is 5.82 Å². The fraction of sp³-hybridized carbons (Fsp3) is 0.538. The maximum Gasteiger partial charge on any atom is 0.146 e. The number of hydrogen-bond donors (Lipinski definition) is 1. The lowest BCUT2D eigenvalue weighted by atomic mass is 10.1. The highest BCUT2D eigenvalue weighted by atomic mass is 19.1. The zero-order valence-corrected chi connectivity index (χ0v) is 10.3. The van der Waals surface area contributed by atoms with Crippen molar-refractivity contribution in [3.63, 3.8) is 0 Å². The van der Waals surface area contributed by atoms with E-state index in [0.29, 0.717) is 6.04 Å². The first-order valence-corrected chi connectivity index (χ1v) is 5.86. The lowest BCUT2D eigenvalue weighted by Gasteiger charge is -2.27. The van der Waals surface area contributed by atoms with Crippen LogP contribution in [0.2, 0.25) is 0 Å². The van der Waals surface area contributed by atoms with Crippen LogP contribution in [-0.2, 0) is 6.54 Å². The zero-order valence-electron chi connectivity index (χ0n) is 10.3. The summed E-state index contributed by atoms with van der Waals surface area (Å²) in [5.74, 6) is -0.322. The van der Waals surface area contributed by atoms with Gasteiger partial charge in [-0.25, -0.2) is 4.39 Å². The molecule has 0 radical (unpaired) electrons. The Balaban J connectivity index is 2.74. The van der Waals surface area contributed by atoms with Gasteiger partial charge in [0.25, 0.3) is 0 Å². The fourth-order valence-electron chi connectivity index (χ4n) is 1.74. The van der Waals surface area contributed by atoms with Crippen molar-refractivity contribution in [3.05, 3.63) is 29.6 Å². The van der Waals surface area contributed by atoms with E-state index in [1.165, 1.54) is 6.07 Å². The Kier molecular flexibility index (Phi) is 4.74. The molecule has 0 heterocycles. The standard InChI is InChI=1S/C13H21FN2/c1-4-10(3)16(5-2)9-11-6-7-13(15)12(14)8-11/h6-8,10H,4-5,9,15H2,1-3H3. The number of nitrogens with two attached hydrogens (primary N) is 1. The number of rotatable bonds is 5. The SMILES string of the molecule is CCC(C)N(CC)Cc1ccc(N)c(F)c1. The first-order chi connectivity index (χ1) is 7.58. The minimum absolute atomic E-state index is 0.218. The van der Waals surface area contributed by atoms with Crippen molar-refractivity contribution in [2.45, 2.75) is 39.8 Å². The van der Waals surface area contributed by atoms with Gasteiger partial charge in [-0.1, -0.05) is 19.9 Å². The summed E-state index contributed by atoms with van der Waals surface area (Å²) in [6, 6.07) is 5.57. The first kappa shape index (κ1) is 13.0. The number of nitrogens with zero attached hydrogens (tertiary/aromatic N) is 1. The molecule has 0 saturated carbocycles. The molecule has 0 amide bonds. The third kappa shape index (κ3) is 3.20. The molecule has 0 spiro atoms. The maximum atomic E-state index is 13.3. The Bertz CT molecular complexity index is 339. The summed E-state index contributed by atoms with van der Waals surface area (Å²) in [6.45, 7) is 8.23. The van der Waals surface area contributed by atoms with Gasteiger partial charge in [0.15, 0.2) is 0 Å². The molecule has 0 aliphatic heterocycles. The molecule has 3 heteroatoms. The minimum atomic E-state index is -0.322. The number of hydrogen-bond acceptors (Lipinski definition) is 2. The van der Waals surface area contributed by atoms with Gasteiger partial charge in [0, 0.05) is 12.6 Å². The smallest absolute Gasteiger partial charge is 0.146 e. The predicted molar refractivity (Wildman–Crippen MR) is 66.6 cm³/mol. The van der Waals surface area contributed by atoms with E-state index in [9.17, 15) is 4.39 Å². The highest BCUT2D eigenvalue weighted by Gasteiger charge is 2.11. The Hall–Kier alpha value is -1.09. The molecule has 1 atom stereocenters. The molecule has 0 aliphatic carbocycles. The van der Waals surface area contributed by atoms with Crippen LogP contribution in [0.1, 0.15) is 32.8 Å². The lowest BCUT2D eigenvalue weighted by molar-refractivity contribution is 0.206. The van der Waals surface area contributed by atoms with Crippen molar-refractivity contribution < 1.29 is 4.39 Å². The van der Waals surface area contributed by atoms with E-state index in [1.54, 1.807) is 6.07 Å². The number of halogens is 1. The third-order valence-electron chi connectivity index (χ3n) is 3.07. The average Bonchev–Trinajstić information content (AvgIpc) is 2.29. The van der Waals surface area contributed by atoms with Crippen molar-refractivity contribution in [2.24, 2.45) is 0 Å². The van der Waals surface area contributed by atoms with Gasteiger partial charge in [-0.3, -0.25) is 4.90 Å². The Morgan fingerprint density at radius 2 is 2.06 bits per heavy atom. The Morgan fingerprint density at radius 3 is 2.56 bits per heavy atom. The quantitative estimate of drug-likeness (QED) is 0.779. The van der Waals surface area contributed by atoms with Crippen LogP contribution >= 0.6 is 0 Å². The molecule has 90 valence electrons. The van der Waals surface area contributed by atoms with E-state index in [2.05, 4.69) is 25.7 Å². The van der Waals surface area contributed by atoms with Gasteiger partial charge in [-0.2, -0.15) is 0 Å². The first-order valence-electron chi connectivity index (χ1n) is 5.86. The van der Waals surface area contributed by atoms with Crippen molar-refractivity contribution in [2.75, 3.05) is 12.3 Å². The second-order valence-electron chi connectivity index (χ2n) is 4.18. The van der Waals surface area contributed by atoms with E-state index in [-0.39, 0.29) is 11.5 Å². The lowest BCUT2D eigenvalue weighted by Crippen LogP contribution is -2.31. The summed E-state index contributed by atoms with van der Waals surface area (Å²) in [5, 5.41) is 0. The topological polar surface area (TPSA) is 29.3 Å². The number of benzene rings is 1. The van der Waals surface area contributed by atoms with Crippen molar-refractivity contribution in [1.82, 2.24) is 4.90 Å². The van der Waals surface area contributed by atoms with Crippen LogP contribution in [0.3, 0.4) is 0 Å². The molecule has 1 aromatic carbocycles. The van der Waals surface area contributed by atoms with Gasteiger partial charge in [0.1, 0.15) is 5.82 Å². The van der Waals surface area contributed by atoms with Crippen LogP contribution in [0.25, 0.3) is 0 Å². The van der Waals surface area contributed by atoms with Crippen molar-refractivity contribution >= 4 is 5.69 Å². The summed E-state index contributed by atoms with van der Waals surface area (Å²) in [5.41, 5.74) is 6.65. The third-order valence-corrected chi connectivity index (χ3v) is 3.07. The highest BCUT2D eigenvalue weighted by molar-refractivity contribution is 5.41. The van der Waals surface area contributed by atoms with E-state index in [4.69, 9.17) is 5.73 Å². The summed E-state index contributed by atoms with van der Waals surface area (Å²) >= 11 is 0. The molecule has 16 heavy (non-hydrogen) atoms. The number of anilines is 1. The van der Waals surface area contributed by atoms with Crippen molar-refractivity contribution in [1.29, 1.82) is 0 Å².